The minimum Gasteiger partial charge on any atom is -0.354 e. The molecular formula is C19H23N3O3. The third-order valence-corrected chi connectivity index (χ3v) is 4.23. The molecule has 25 heavy (non-hydrogen) atoms. The van der Waals surface area contributed by atoms with Crippen LogP contribution in [0.1, 0.15) is 51.5 Å². The van der Waals surface area contributed by atoms with Crippen LogP contribution in [0.15, 0.2) is 24.3 Å². The second-order valence-corrected chi connectivity index (χ2v) is 6.17. The molecule has 1 aromatic heterocycles. The van der Waals surface area contributed by atoms with Crippen molar-refractivity contribution in [1.82, 2.24) is 9.88 Å². The number of aryl methyl sites for hydroxylation is 1. The van der Waals surface area contributed by atoms with E-state index in [0.717, 1.165) is 5.56 Å². The average molecular weight is 341 g/mol. The third kappa shape index (κ3) is 3.96. The van der Waals surface area contributed by atoms with Crippen LogP contribution in [-0.2, 0) is 11.3 Å². The molecular weight excluding hydrogens is 318 g/mol. The maximum absolute atomic E-state index is 12.7. The Morgan fingerprint density at radius 3 is 2.32 bits per heavy atom. The lowest BCUT2D eigenvalue weighted by Crippen LogP contribution is -2.24. The molecule has 0 spiro atoms. The molecule has 0 saturated carbocycles. The Morgan fingerprint density at radius 1 is 1.12 bits per heavy atom. The summed E-state index contributed by atoms with van der Waals surface area (Å²) >= 11 is 0. The fraction of sp³-hybridized carbons (Fsp3) is 0.316. The Morgan fingerprint density at radius 2 is 1.76 bits per heavy atom. The summed E-state index contributed by atoms with van der Waals surface area (Å²) in [7, 11) is 1.71. The summed E-state index contributed by atoms with van der Waals surface area (Å²) in [6.45, 7) is 6.90. The number of aromatic nitrogens is 1. The molecule has 6 nitrogen and oxygen atoms in total. The number of para-hydroxylation sites is 1. The van der Waals surface area contributed by atoms with Crippen molar-refractivity contribution in [2.24, 2.45) is 0 Å². The van der Waals surface area contributed by atoms with E-state index in [1.54, 1.807) is 31.9 Å². The Kier molecular flexibility index (Phi) is 5.41. The van der Waals surface area contributed by atoms with Crippen LogP contribution in [0.2, 0.25) is 0 Å². The van der Waals surface area contributed by atoms with Crippen LogP contribution in [0.25, 0.3) is 0 Å². The number of hydrogen-bond acceptors (Lipinski definition) is 3. The highest BCUT2D eigenvalue weighted by Gasteiger charge is 2.20. The molecule has 6 heteroatoms. The molecule has 0 saturated heterocycles. The molecule has 0 unspecified atom stereocenters. The monoisotopic (exact) mass is 341 g/mol. The van der Waals surface area contributed by atoms with Crippen LogP contribution in [0.4, 0.5) is 5.69 Å². The van der Waals surface area contributed by atoms with Crippen molar-refractivity contribution in [3.8, 4) is 0 Å². The molecule has 1 heterocycles. The number of hydrogen-bond donors (Lipinski definition) is 2. The number of Topliss-reactive ketones (excluding diaryl/α,β-unsaturated/α-hetero) is 1. The van der Waals surface area contributed by atoms with Crippen LogP contribution in [0, 0.1) is 13.8 Å². The van der Waals surface area contributed by atoms with Crippen molar-refractivity contribution in [3.05, 3.63) is 52.3 Å². The molecule has 0 fully saturated rings. The quantitative estimate of drug-likeness (QED) is 0.820. The van der Waals surface area contributed by atoms with Gasteiger partial charge in [0.1, 0.15) is 5.69 Å². The van der Waals surface area contributed by atoms with Crippen molar-refractivity contribution < 1.29 is 14.4 Å². The molecule has 0 radical (unpaired) electrons. The minimum atomic E-state index is -0.314. The smallest absolute Gasteiger partial charge is 0.272 e. The number of benzene rings is 1. The van der Waals surface area contributed by atoms with Gasteiger partial charge in [-0.15, -0.1) is 0 Å². The highest BCUT2D eigenvalue weighted by atomic mass is 16.2. The fourth-order valence-electron chi connectivity index (χ4n) is 2.84. The van der Waals surface area contributed by atoms with Gasteiger partial charge in [-0.25, -0.2) is 0 Å². The molecule has 2 N–H and O–H groups in total. The second kappa shape index (κ2) is 7.34. The van der Waals surface area contributed by atoms with Crippen LogP contribution < -0.4 is 5.32 Å². The van der Waals surface area contributed by atoms with Gasteiger partial charge in [0.15, 0.2) is 5.78 Å². The Hall–Kier alpha value is -2.89. The maximum Gasteiger partial charge on any atom is 0.272 e. The Balaban J connectivity index is 2.29. The van der Waals surface area contributed by atoms with Gasteiger partial charge in [-0.05, 0) is 38.0 Å². The first-order valence-electron chi connectivity index (χ1n) is 8.03. The summed E-state index contributed by atoms with van der Waals surface area (Å²) in [5.74, 6) is -0.442. The zero-order chi connectivity index (χ0) is 18.7. The minimum absolute atomic E-state index is 0.0527. The van der Waals surface area contributed by atoms with Gasteiger partial charge in [-0.2, -0.15) is 0 Å². The van der Waals surface area contributed by atoms with Gasteiger partial charge in [-0.1, -0.05) is 18.2 Å². The Labute approximate surface area is 147 Å². The summed E-state index contributed by atoms with van der Waals surface area (Å²) < 4.78 is 0. The van der Waals surface area contributed by atoms with Gasteiger partial charge >= 0.3 is 0 Å². The van der Waals surface area contributed by atoms with Crippen molar-refractivity contribution in [2.45, 2.75) is 34.2 Å². The van der Waals surface area contributed by atoms with E-state index in [2.05, 4.69) is 10.3 Å². The van der Waals surface area contributed by atoms with E-state index >= 15 is 0 Å². The van der Waals surface area contributed by atoms with Crippen molar-refractivity contribution in [3.63, 3.8) is 0 Å². The highest BCUT2D eigenvalue weighted by molar-refractivity contribution is 6.07. The van der Waals surface area contributed by atoms with E-state index in [1.165, 1.54) is 13.8 Å². The molecule has 0 aliphatic rings. The third-order valence-electron chi connectivity index (χ3n) is 4.23. The molecule has 0 aliphatic heterocycles. The lowest BCUT2D eigenvalue weighted by molar-refractivity contribution is -0.128. The SMILES string of the molecule is CC(=O)c1c(C)[nH]c(C(=O)Nc2ccccc2CN(C)C(C)=O)c1C. The van der Waals surface area contributed by atoms with Gasteiger partial charge in [0.05, 0.1) is 0 Å². The summed E-state index contributed by atoms with van der Waals surface area (Å²) in [6, 6.07) is 7.33. The topological polar surface area (TPSA) is 82.3 Å². The molecule has 0 atom stereocenters. The Bertz CT molecular complexity index is 836. The van der Waals surface area contributed by atoms with Crippen molar-refractivity contribution in [2.75, 3.05) is 12.4 Å². The number of aromatic amines is 1. The number of amides is 2. The predicted molar refractivity (Wildman–Crippen MR) is 96.8 cm³/mol. The van der Waals surface area contributed by atoms with E-state index in [9.17, 15) is 14.4 Å². The molecule has 132 valence electrons. The fourth-order valence-corrected chi connectivity index (χ4v) is 2.84. The molecule has 1 aromatic carbocycles. The largest absolute Gasteiger partial charge is 0.354 e. The van der Waals surface area contributed by atoms with E-state index in [1.807, 2.05) is 18.2 Å². The van der Waals surface area contributed by atoms with Gasteiger partial charge < -0.3 is 15.2 Å². The number of nitrogens with one attached hydrogen (secondary N) is 2. The molecule has 2 amide bonds. The summed E-state index contributed by atoms with van der Waals surface area (Å²) in [5.41, 5.74) is 3.71. The first kappa shape index (κ1) is 18.4. The van der Waals surface area contributed by atoms with Crippen molar-refractivity contribution in [1.29, 1.82) is 0 Å². The number of rotatable bonds is 5. The van der Waals surface area contributed by atoms with E-state index < -0.39 is 0 Å². The van der Waals surface area contributed by atoms with Gasteiger partial charge in [0, 0.05) is 37.5 Å². The van der Waals surface area contributed by atoms with Crippen LogP contribution in [0.3, 0.4) is 0 Å². The molecule has 0 aliphatic carbocycles. The number of carbonyl (C=O) groups is 3. The van der Waals surface area contributed by atoms with Gasteiger partial charge in [0.25, 0.3) is 5.91 Å². The number of H-pyrrole nitrogens is 1. The zero-order valence-electron chi connectivity index (χ0n) is 15.2. The number of anilines is 1. The first-order chi connectivity index (χ1) is 11.7. The van der Waals surface area contributed by atoms with Gasteiger partial charge in [-0.3, -0.25) is 14.4 Å². The maximum atomic E-state index is 12.7. The molecule has 2 aromatic rings. The van der Waals surface area contributed by atoms with Crippen molar-refractivity contribution >= 4 is 23.3 Å². The standard InChI is InChI=1S/C19H23N3O3/c1-11-17(13(3)23)12(2)20-18(11)19(25)21-16-9-7-6-8-15(16)10-22(5)14(4)24/h6-9,20H,10H2,1-5H3,(H,21,25). The van der Waals surface area contributed by atoms with E-state index in [0.29, 0.717) is 34.7 Å². The molecule has 0 bridgehead atoms. The predicted octanol–water partition coefficient (Wildman–Crippen LogP) is 3.06. The summed E-state index contributed by atoms with van der Waals surface area (Å²) in [4.78, 5) is 40.4. The lowest BCUT2D eigenvalue weighted by atomic mass is 10.1. The van der Waals surface area contributed by atoms with E-state index in [4.69, 9.17) is 0 Å². The molecule has 2 rings (SSSR count). The lowest BCUT2D eigenvalue weighted by Gasteiger charge is -2.17. The normalized spacial score (nSPS) is 10.4. The second-order valence-electron chi connectivity index (χ2n) is 6.17. The number of carbonyl (C=O) groups excluding carboxylic acids is 3. The number of ketones is 1. The van der Waals surface area contributed by atoms with Gasteiger partial charge in [0.2, 0.25) is 5.91 Å². The first-order valence-corrected chi connectivity index (χ1v) is 8.03. The van der Waals surface area contributed by atoms with Crippen LogP contribution in [-0.4, -0.2) is 34.5 Å². The summed E-state index contributed by atoms with van der Waals surface area (Å²) in [5, 5.41) is 2.87. The van der Waals surface area contributed by atoms with Crippen LogP contribution in [0.5, 0.6) is 0 Å². The highest BCUT2D eigenvalue weighted by Crippen LogP contribution is 2.22. The van der Waals surface area contributed by atoms with Crippen LogP contribution >= 0.6 is 0 Å². The zero-order valence-corrected chi connectivity index (χ0v) is 15.2. The average Bonchev–Trinajstić information content (AvgIpc) is 2.83. The summed E-state index contributed by atoms with van der Waals surface area (Å²) in [6.07, 6.45) is 0. The van der Waals surface area contributed by atoms with E-state index in [-0.39, 0.29) is 17.6 Å². The number of nitrogens with zero attached hydrogens (tertiary/aromatic N) is 1.